The van der Waals surface area contributed by atoms with E-state index in [0.717, 1.165) is 6.07 Å². The number of nitrogens with one attached hydrogen (secondary N) is 2. The summed E-state index contributed by atoms with van der Waals surface area (Å²) in [5.41, 5.74) is 0.907. The molecule has 10 heteroatoms. The van der Waals surface area contributed by atoms with Gasteiger partial charge in [0.05, 0.1) is 15.4 Å². The molecule has 0 fully saturated rings. The minimum atomic E-state index is -3.62. The van der Waals surface area contributed by atoms with Crippen LogP contribution >= 0.6 is 11.6 Å². The van der Waals surface area contributed by atoms with Crippen molar-refractivity contribution in [2.45, 2.75) is 4.90 Å². The van der Waals surface area contributed by atoms with E-state index in [1.54, 1.807) is 7.05 Å². The zero-order chi connectivity index (χ0) is 19.1. The van der Waals surface area contributed by atoms with Crippen LogP contribution in [0.1, 0.15) is 10.5 Å². The Bertz CT molecular complexity index is 1130. The number of hydrogen-bond donors (Lipinski definition) is 2. The minimum absolute atomic E-state index is 0.0443. The van der Waals surface area contributed by atoms with Crippen LogP contribution in [0.25, 0.3) is 10.9 Å². The predicted molar refractivity (Wildman–Crippen MR) is 96.3 cm³/mol. The average Bonchev–Trinajstić information content (AvgIpc) is 2.93. The molecule has 0 aliphatic rings. The summed E-state index contributed by atoms with van der Waals surface area (Å²) in [5, 5.41) is 7.18. The molecule has 7 nitrogen and oxygen atoms in total. The van der Waals surface area contributed by atoms with E-state index in [4.69, 9.17) is 11.6 Å². The first kappa shape index (κ1) is 18.3. The van der Waals surface area contributed by atoms with Crippen LogP contribution in [0.15, 0.2) is 41.3 Å². The quantitative estimate of drug-likeness (QED) is 0.708. The molecular weight excluding hydrogens is 383 g/mol. The van der Waals surface area contributed by atoms with Crippen LogP contribution in [-0.4, -0.2) is 31.2 Å². The summed E-state index contributed by atoms with van der Waals surface area (Å²) in [5.74, 6) is -1.07. The van der Waals surface area contributed by atoms with Gasteiger partial charge in [-0.3, -0.25) is 9.48 Å². The summed E-state index contributed by atoms with van der Waals surface area (Å²) in [7, 11) is -0.742. The fourth-order valence-electron chi connectivity index (χ4n) is 2.50. The van der Waals surface area contributed by atoms with Gasteiger partial charge in [0.1, 0.15) is 11.5 Å². The molecule has 2 aromatic carbocycles. The Balaban J connectivity index is 2.00. The number of aryl methyl sites for hydroxylation is 1. The molecule has 0 aliphatic heterocycles. The second-order valence-electron chi connectivity index (χ2n) is 5.44. The van der Waals surface area contributed by atoms with E-state index in [1.165, 1.54) is 42.1 Å². The molecule has 0 aliphatic carbocycles. The molecule has 1 heterocycles. The largest absolute Gasteiger partial charge is 0.321 e. The molecule has 0 radical (unpaired) electrons. The molecule has 0 spiro atoms. The number of carbonyl (C=O) groups is 1. The Kier molecular flexibility index (Phi) is 4.70. The van der Waals surface area contributed by atoms with Crippen molar-refractivity contribution in [1.82, 2.24) is 14.5 Å². The standard InChI is InChI=1S/C16H14ClFN4O3S/c1-19-26(24,25)10-4-5-11-14(8-10)21-22(2)15(11)16(23)20-9-3-6-13(18)12(17)7-9/h3-8,19H,1-2H3,(H,20,23). The Hall–Kier alpha value is -2.49. The molecule has 3 rings (SSSR count). The van der Waals surface area contributed by atoms with E-state index in [2.05, 4.69) is 15.1 Å². The van der Waals surface area contributed by atoms with Crippen LogP contribution in [0.5, 0.6) is 0 Å². The highest BCUT2D eigenvalue weighted by molar-refractivity contribution is 7.89. The van der Waals surface area contributed by atoms with Gasteiger partial charge in [0.2, 0.25) is 10.0 Å². The van der Waals surface area contributed by atoms with Crippen molar-refractivity contribution in [3.8, 4) is 0 Å². The van der Waals surface area contributed by atoms with Crippen LogP contribution in [0, 0.1) is 5.82 Å². The molecule has 3 aromatic rings. The number of anilines is 1. The Labute approximate surface area is 153 Å². The maximum absolute atomic E-state index is 13.2. The number of amides is 1. The predicted octanol–water partition coefficient (Wildman–Crippen LogP) is 2.53. The zero-order valence-electron chi connectivity index (χ0n) is 13.7. The number of fused-ring (bicyclic) bond motifs is 1. The van der Waals surface area contributed by atoms with Crippen molar-refractivity contribution in [2.24, 2.45) is 7.05 Å². The first-order valence-electron chi connectivity index (χ1n) is 7.39. The lowest BCUT2D eigenvalue weighted by Gasteiger charge is -2.07. The van der Waals surface area contributed by atoms with E-state index >= 15 is 0 Å². The lowest BCUT2D eigenvalue weighted by atomic mass is 10.2. The molecular formula is C16H14ClFN4O3S. The normalized spacial score (nSPS) is 11.7. The number of halogens is 2. The van der Waals surface area contributed by atoms with Crippen LogP contribution in [-0.2, 0) is 17.1 Å². The fourth-order valence-corrected chi connectivity index (χ4v) is 3.43. The molecule has 2 N–H and O–H groups in total. The fraction of sp³-hybridized carbons (Fsp3) is 0.125. The number of rotatable bonds is 4. The van der Waals surface area contributed by atoms with Crippen molar-refractivity contribution >= 4 is 44.1 Å². The third kappa shape index (κ3) is 3.28. The maximum atomic E-state index is 13.2. The number of nitrogens with zero attached hydrogens (tertiary/aromatic N) is 2. The van der Waals surface area contributed by atoms with E-state index in [9.17, 15) is 17.6 Å². The summed E-state index contributed by atoms with van der Waals surface area (Å²) in [6.07, 6.45) is 0. The summed E-state index contributed by atoms with van der Waals surface area (Å²) >= 11 is 5.72. The first-order valence-corrected chi connectivity index (χ1v) is 9.26. The summed E-state index contributed by atoms with van der Waals surface area (Å²) in [4.78, 5) is 12.6. The molecule has 1 aromatic heterocycles. The van der Waals surface area contributed by atoms with E-state index in [1.807, 2.05) is 0 Å². The van der Waals surface area contributed by atoms with Gasteiger partial charge in [-0.05, 0) is 43.4 Å². The molecule has 0 atom stereocenters. The average molecular weight is 397 g/mol. The second-order valence-corrected chi connectivity index (χ2v) is 7.74. The summed E-state index contributed by atoms with van der Waals surface area (Å²) in [6, 6.07) is 8.11. The van der Waals surface area contributed by atoms with Gasteiger partial charge in [0, 0.05) is 18.1 Å². The summed E-state index contributed by atoms with van der Waals surface area (Å²) < 4.78 is 40.6. The highest BCUT2D eigenvalue weighted by Gasteiger charge is 2.20. The van der Waals surface area contributed by atoms with Gasteiger partial charge < -0.3 is 5.32 Å². The van der Waals surface area contributed by atoms with Gasteiger partial charge >= 0.3 is 0 Å². The summed E-state index contributed by atoms with van der Waals surface area (Å²) in [6.45, 7) is 0. The Morgan fingerprint density at radius 2 is 1.96 bits per heavy atom. The van der Waals surface area contributed by atoms with E-state index in [-0.39, 0.29) is 15.6 Å². The second kappa shape index (κ2) is 6.67. The van der Waals surface area contributed by atoms with Gasteiger partial charge in [0.25, 0.3) is 5.91 Å². The number of carbonyl (C=O) groups excluding carboxylic acids is 1. The Morgan fingerprint density at radius 3 is 2.62 bits per heavy atom. The molecule has 26 heavy (non-hydrogen) atoms. The number of aromatic nitrogens is 2. The van der Waals surface area contributed by atoms with Crippen molar-refractivity contribution in [1.29, 1.82) is 0 Å². The van der Waals surface area contributed by atoms with Gasteiger partial charge in [-0.15, -0.1) is 0 Å². The Morgan fingerprint density at radius 1 is 1.23 bits per heavy atom. The molecule has 0 bridgehead atoms. The third-order valence-electron chi connectivity index (χ3n) is 3.78. The SMILES string of the molecule is CNS(=O)(=O)c1ccc2c(C(=O)Nc3ccc(F)c(Cl)c3)n(C)nc2c1. The van der Waals surface area contributed by atoms with Crippen molar-refractivity contribution in [2.75, 3.05) is 12.4 Å². The number of hydrogen-bond acceptors (Lipinski definition) is 4. The lowest BCUT2D eigenvalue weighted by molar-refractivity contribution is 0.101. The lowest BCUT2D eigenvalue weighted by Crippen LogP contribution is -2.18. The zero-order valence-corrected chi connectivity index (χ0v) is 15.3. The van der Waals surface area contributed by atoms with Crippen molar-refractivity contribution in [3.63, 3.8) is 0 Å². The van der Waals surface area contributed by atoms with Crippen molar-refractivity contribution in [3.05, 3.63) is 52.9 Å². The first-order chi connectivity index (χ1) is 12.2. The molecule has 0 saturated heterocycles. The van der Waals surface area contributed by atoms with Gasteiger partial charge in [0.15, 0.2) is 0 Å². The monoisotopic (exact) mass is 396 g/mol. The van der Waals surface area contributed by atoms with Gasteiger partial charge in [-0.25, -0.2) is 17.5 Å². The molecule has 1 amide bonds. The maximum Gasteiger partial charge on any atom is 0.274 e. The molecule has 0 saturated carbocycles. The highest BCUT2D eigenvalue weighted by atomic mass is 35.5. The van der Waals surface area contributed by atoms with Crippen LogP contribution in [0.2, 0.25) is 5.02 Å². The highest BCUT2D eigenvalue weighted by Crippen LogP contribution is 2.24. The number of benzene rings is 2. The van der Waals surface area contributed by atoms with Crippen molar-refractivity contribution < 1.29 is 17.6 Å². The van der Waals surface area contributed by atoms with Crippen LogP contribution in [0.3, 0.4) is 0 Å². The van der Waals surface area contributed by atoms with E-state index < -0.39 is 21.7 Å². The number of sulfonamides is 1. The molecule has 0 unspecified atom stereocenters. The van der Waals surface area contributed by atoms with E-state index in [0.29, 0.717) is 16.6 Å². The van der Waals surface area contributed by atoms with Crippen LogP contribution in [0.4, 0.5) is 10.1 Å². The van der Waals surface area contributed by atoms with Gasteiger partial charge in [-0.1, -0.05) is 11.6 Å². The minimum Gasteiger partial charge on any atom is -0.321 e. The topological polar surface area (TPSA) is 93.1 Å². The van der Waals surface area contributed by atoms with Gasteiger partial charge in [-0.2, -0.15) is 5.10 Å². The molecule has 136 valence electrons. The third-order valence-corrected chi connectivity index (χ3v) is 5.48. The van der Waals surface area contributed by atoms with Crippen LogP contribution < -0.4 is 10.0 Å². The smallest absolute Gasteiger partial charge is 0.274 e.